The van der Waals surface area contributed by atoms with Gasteiger partial charge in [-0.25, -0.2) is 0 Å². The molecule has 1 unspecified atom stereocenters. The van der Waals surface area contributed by atoms with Crippen molar-refractivity contribution >= 4 is 23.3 Å². The number of rotatable bonds is 4. The van der Waals surface area contributed by atoms with E-state index in [1.54, 1.807) is 19.1 Å². The van der Waals surface area contributed by atoms with Gasteiger partial charge in [-0.3, -0.25) is 4.79 Å². The smallest absolute Gasteiger partial charge is 0.263 e. The summed E-state index contributed by atoms with van der Waals surface area (Å²) in [4.78, 5) is 16.6. The van der Waals surface area contributed by atoms with Crippen molar-refractivity contribution in [3.05, 3.63) is 47.1 Å². The topological polar surface area (TPSA) is 58.6 Å². The summed E-state index contributed by atoms with van der Waals surface area (Å²) in [5, 5.41) is 8.80. The SMILES string of the molecule is Cc1ccc(N2CCN(C(=O)C(C)Oc3ccccc3Cl)CC2)nn1. The van der Waals surface area contributed by atoms with Crippen LogP contribution in [0.4, 0.5) is 5.82 Å². The molecule has 0 aliphatic carbocycles. The number of nitrogens with zero attached hydrogens (tertiary/aromatic N) is 4. The highest BCUT2D eigenvalue weighted by molar-refractivity contribution is 6.32. The van der Waals surface area contributed by atoms with E-state index in [-0.39, 0.29) is 5.91 Å². The molecule has 1 aromatic carbocycles. The van der Waals surface area contributed by atoms with Gasteiger partial charge in [-0.15, -0.1) is 5.10 Å². The molecule has 0 spiro atoms. The maximum Gasteiger partial charge on any atom is 0.263 e. The first-order valence-corrected chi connectivity index (χ1v) is 8.67. The zero-order valence-electron chi connectivity index (χ0n) is 14.4. The first-order chi connectivity index (χ1) is 12.0. The van der Waals surface area contributed by atoms with Gasteiger partial charge >= 0.3 is 0 Å². The molecule has 1 aliphatic heterocycles. The zero-order chi connectivity index (χ0) is 17.8. The molecule has 1 fully saturated rings. The molecule has 0 saturated carbocycles. The largest absolute Gasteiger partial charge is 0.479 e. The van der Waals surface area contributed by atoms with Crippen LogP contribution in [0, 0.1) is 6.92 Å². The van der Waals surface area contributed by atoms with Gasteiger partial charge in [-0.1, -0.05) is 23.7 Å². The summed E-state index contributed by atoms with van der Waals surface area (Å²) in [6, 6.07) is 11.1. The Morgan fingerprint density at radius 1 is 1.12 bits per heavy atom. The fourth-order valence-electron chi connectivity index (χ4n) is 2.75. The monoisotopic (exact) mass is 360 g/mol. The maximum absolute atomic E-state index is 12.6. The molecule has 0 radical (unpaired) electrons. The van der Waals surface area contributed by atoms with Crippen molar-refractivity contribution < 1.29 is 9.53 Å². The van der Waals surface area contributed by atoms with Crippen LogP contribution in [-0.4, -0.2) is 53.3 Å². The molecule has 7 heteroatoms. The van der Waals surface area contributed by atoms with Gasteiger partial charge in [0.05, 0.1) is 10.7 Å². The van der Waals surface area contributed by atoms with Gasteiger partial charge in [0, 0.05) is 26.2 Å². The number of aryl methyl sites for hydroxylation is 1. The maximum atomic E-state index is 12.6. The third-order valence-corrected chi connectivity index (χ3v) is 4.50. The Bertz CT molecular complexity index is 730. The molecule has 2 aromatic rings. The van der Waals surface area contributed by atoms with Crippen LogP contribution in [0.25, 0.3) is 0 Å². The van der Waals surface area contributed by atoms with Crippen LogP contribution in [-0.2, 0) is 4.79 Å². The number of para-hydroxylation sites is 1. The van der Waals surface area contributed by atoms with Crippen LogP contribution in [0.2, 0.25) is 5.02 Å². The van der Waals surface area contributed by atoms with Crippen LogP contribution in [0.5, 0.6) is 5.75 Å². The fraction of sp³-hybridized carbons (Fsp3) is 0.389. The van der Waals surface area contributed by atoms with Crippen LogP contribution < -0.4 is 9.64 Å². The molecule has 3 rings (SSSR count). The van der Waals surface area contributed by atoms with Crippen molar-refractivity contribution in [2.75, 3.05) is 31.1 Å². The predicted octanol–water partition coefficient (Wildman–Crippen LogP) is 2.55. The van der Waals surface area contributed by atoms with Gasteiger partial charge in [-0.2, -0.15) is 5.10 Å². The van der Waals surface area contributed by atoms with E-state index < -0.39 is 6.10 Å². The predicted molar refractivity (Wildman–Crippen MR) is 97.1 cm³/mol. The summed E-state index contributed by atoms with van der Waals surface area (Å²) < 4.78 is 5.73. The van der Waals surface area contributed by atoms with Crippen molar-refractivity contribution in [1.29, 1.82) is 0 Å². The summed E-state index contributed by atoms with van der Waals surface area (Å²) in [6.07, 6.45) is -0.578. The second kappa shape index (κ2) is 7.70. The molecule has 132 valence electrons. The summed E-state index contributed by atoms with van der Waals surface area (Å²) in [7, 11) is 0. The van der Waals surface area contributed by atoms with Crippen molar-refractivity contribution in [2.45, 2.75) is 20.0 Å². The summed E-state index contributed by atoms with van der Waals surface area (Å²) >= 11 is 6.09. The number of carbonyl (C=O) groups is 1. The Morgan fingerprint density at radius 3 is 2.48 bits per heavy atom. The Hall–Kier alpha value is -2.34. The van der Waals surface area contributed by atoms with Crippen molar-refractivity contribution in [2.24, 2.45) is 0 Å². The quantitative estimate of drug-likeness (QED) is 0.838. The van der Waals surface area contributed by atoms with Crippen LogP contribution in [0.1, 0.15) is 12.6 Å². The van der Waals surface area contributed by atoms with E-state index in [1.165, 1.54) is 0 Å². The normalized spacial score (nSPS) is 15.8. The second-order valence-electron chi connectivity index (χ2n) is 6.04. The zero-order valence-corrected chi connectivity index (χ0v) is 15.1. The fourth-order valence-corrected chi connectivity index (χ4v) is 2.94. The highest BCUT2D eigenvalue weighted by Gasteiger charge is 2.27. The van der Waals surface area contributed by atoms with Gasteiger partial charge in [0.1, 0.15) is 5.75 Å². The molecule has 6 nitrogen and oxygen atoms in total. The van der Waals surface area contributed by atoms with Crippen molar-refractivity contribution in [1.82, 2.24) is 15.1 Å². The number of benzene rings is 1. The second-order valence-corrected chi connectivity index (χ2v) is 6.44. The Kier molecular flexibility index (Phi) is 5.38. The molecule has 1 amide bonds. The molecule has 1 atom stereocenters. The summed E-state index contributed by atoms with van der Waals surface area (Å²) in [6.45, 7) is 6.37. The first-order valence-electron chi connectivity index (χ1n) is 8.30. The number of anilines is 1. The standard InChI is InChI=1S/C18H21ClN4O2/c1-13-7-8-17(21-20-13)22-9-11-23(12-10-22)18(24)14(2)25-16-6-4-3-5-15(16)19/h3-8,14H,9-12H2,1-2H3. The van der Waals surface area contributed by atoms with Crippen molar-refractivity contribution in [3.8, 4) is 5.75 Å². The molecule has 1 aliphatic rings. The van der Waals surface area contributed by atoms with Gasteiger partial charge < -0.3 is 14.5 Å². The van der Waals surface area contributed by atoms with E-state index >= 15 is 0 Å². The number of hydrogen-bond acceptors (Lipinski definition) is 5. The van der Waals surface area contributed by atoms with Gasteiger partial charge in [-0.05, 0) is 38.1 Å². The van der Waals surface area contributed by atoms with E-state index in [4.69, 9.17) is 16.3 Å². The summed E-state index contributed by atoms with van der Waals surface area (Å²) in [5.41, 5.74) is 0.892. The van der Waals surface area contributed by atoms with Gasteiger partial charge in [0.15, 0.2) is 11.9 Å². The van der Waals surface area contributed by atoms with E-state index in [9.17, 15) is 4.79 Å². The number of aromatic nitrogens is 2. The molecule has 0 bridgehead atoms. The lowest BCUT2D eigenvalue weighted by molar-refractivity contribution is -0.138. The third-order valence-electron chi connectivity index (χ3n) is 4.19. The average molecular weight is 361 g/mol. The highest BCUT2D eigenvalue weighted by Crippen LogP contribution is 2.24. The number of amides is 1. The Balaban J connectivity index is 1.56. The van der Waals surface area contributed by atoms with Crippen LogP contribution >= 0.6 is 11.6 Å². The number of hydrogen-bond donors (Lipinski definition) is 0. The van der Waals surface area contributed by atoms with E-state index in [0.717, 1.165) is 24.6 Å². The van der Waals surface area contributed by atoms with Crippen molar-refractivity contribution in [3.63, 3.8) is 0 Å². The highest BCUT2D eigenvalue weighted by atomic mass is 35.5. The lowest BCUT2D eigenvalue weighted by Gasteiger charge is -2.36. The van der Waals surface area contributed by atoms with Crippen LogP contribution in [0.15, 0.2) is 36.4 Å². The molecule has 0 N–H and O–H groups in total. The molecule has 25 heavy (non-hydrogen) atoms. The third kappa shape index (κ3) is 4.20. The average Bonchev–Trinajstić information content (AvgIpc) is 2.64. The minimum Gasteiger partial charge on any atom is -0.479 e. The van der Waals surface area contributed by atoms with Gasteiger partial charge in [0.25, 0.3) is 5.91 Å². The number of ether oxygens (including phenoxy) is 1. The Labute approximate surface area is 152 Å². The number of piperazine rings is 1. The minimum absolute atomic E-state index is 0.0328. The van der Waals surface area contributed by atoms with E-state index in [1.807, 2.05) is 36.1 Å². The van der Waals surface area contributed by atoms with Crippen LogP contribution in [0.3, 0.4) is 0 Å². The molecular weight excluding hydrogens is 340 g/mol. The first kappa shape index (κ1) is 17.5. The van der Waals surface area contributed by atoms with E-state index in [2.05, 4.69) is 15.1 Å². The Morgan fingerprint density at radius 2 is 1.84 bits per heavy atom. The lowest BCUT2D eigenvalue weighted by Crippen LogP contribution is -2.52. The van der Waals surface area contributed by atoms with E-state index in [0.29, 0.717) is 23.9 Å². The number of carbonyl (C=O) groups excluding carboxylic acids is 1. The molecule has 1 saturated heterocycles. The van der Waals surface area contributed by atoms with Gasteiger partial charge in [0.2, 0.25) is 0 Å². The summed E-state index contributed by atoms with van der Waals surface area (Å²) in [5.74, 6) is 1.34. The minimum atomic E-state index is -0.578. The number of halogens is 1. The molecule has 1 aromatic heterocycles. The molecule has 2 heterocycles. The molecular formula is C18H21ClN4O2. The lowest BCUT2D eigenvalue weighted by atomic mass is 10.2.